The van der Waals surface area contributed by atoms with Gasteiger partial charge in [0.15, 0.2) is 0 Å². The largest absolute Gasteiger partial charge is 0.411 e. The lowest BCUT2D eigenvalue weighted by Crippen LogP contribution is -2.26. The molecule has 106 valence electrons. The van der Waals surface area contributed by atoms with E-state index in [1.807, 2.05) is 0 Å². The fourth-order valence-electron chi connectivity index (χ4n) is 2.29. The van der Waals surface area contributed by atoms with Crippen molar-refractivity contribution in [1.29, 1.82) is 0 Å². The van der Waals surface area contributed by atoms with Crippen molar-refractivity contribution >= 4 is 0 Å². The number of hydrogen-bond acceptors (Lipinski definition) is 2. The number of alkyl halides is 3. The number of hydrogen-bond donors (Lipinski definition) is 1. The van der Waals surface area contributed by atoms with Crippen molar-refractivity contribution in [2.24, 2.45) is 0 Å². The van der Waals surface area contributed by atoms with Crippen LogP contribution in [0.5, 0.6) is 0 Å². The van der Waals surface area contributed by atoms with Gasteiger partial charge in [0.2, 0.25) is 0 Å². The number of ether oxygens (including phenoxy) is 1. The van der Waals surface area contributed by atoms with Gasteiger partial charge in [0.25, 0.3) is 0 Å². The first kappa shape index (κ1) is 14.3. The van der Waals surface area contributed by atoms with Crippen LogP contribution in [-0.4, -0.2) is 25.9 Å². The van der Waals surface area contributed by atoms with Crippen LogP contribution in [0.2, 0.25) is 0 Å². The molecule has 1 aromatic carbocycles. The molecule has 2 rings (SSSR count). The Morgan fingerprint density at radius 2 is 2.11 bits per heavy atom. The maximum absolute atomic E-state index is 13.0. The Morgan fingerprint density at radius 1 is 1.32 bits per heavy atom. The SMILES string of the molecule is Fc1ccc2c(c1)CCC2NCCOCC(F)(F)F. The molecule has 0 heterocycles. The lowest BCUT2D eigenvalue weighted by Gasteiger charge is -2.14. The first-order valence-electron chi connectivity index (χ1n) is 6.12. The van der Waals surface area contributed by atoms with Gasteiger partial charge in [-0.25, -0.2) is 4.39 Å². The molecule has 0 fully saturated rings. The first-order valence-corrected chi connectivity index (χ1v) is 6.12. The van der Waals surface area contributed by atoms with Crippen LogP contribution in [0.1, 0.15) is 23.6 Å². The fraction of sp³-hybridized carbons (Fsp3) is 0.538. The molecular formula is C13H15F4NO. The molecule has 1 N–H and O–H groups in total. The van der Waals surface area contributed by atoms with Crippen LogP contribution in [0.4, 0.5) is 17.6 Å². The van der Waals surface area contributed by atoms with Gasteiger partial charge in [-0.15, -0.1) is 0 Å². The van der Waals surface area contributed by atoms with E-state index in [4.69, 9.17) is 0 Å². The molecule has 6 heteroatoms. The van der Waals surface area contributed by atoms with E-state index in [0.29, 0.717) is 6.54 Å². The summed E-state index contributed by atoms with van der Waals surface area (Å²) >= 11 is 0. The minimum absolute atomic E-state index is 0.00649. The summed E-state index contributed by atoms with van der Waals surface area (Å²) in [5.41, 5.74) is 1.99. The van der Waals surface area contributed by atoms with E-state index in [0.717, 1.165) is 24.0 Å². The number of fused-ring (bicyclic) bond motifs is 1. The molecule has 0 spiro atoms. The van der Waals surface area contributed by atoms with Crippen molar-refractivity contribution in [3.05, 3.63) is 35.1 Å². The Morgan fingerprint density at radius 3 is 2.84 bits per heavy atom. The molecule has 1 atom stereocenters. The molecule has 0 aliphatic heterocycles. The predicted octanol–water partition coefficient (Wildman–Crippen LogP) is 2.98. The van der Waals surface area contributed by atoms with Gasteiger partial charge in [0.1, 0.15) is 12.4 Å². The highest BCUT2D eigenvalue weighted by Crippen LogP contribution is 2.31. The predicted molar refractivity (Wildman–Crippen MR) is 62.3 cm³/mol. The number of rotatable bonds is 5. The van der Waals surface area contributed by atoms with Gasteiger partial charge in [-0.05, 0) is 36.1 Å². The van der Waals surface area contributed by atoms with Crippen molar-refractivity contribution in [2.75, 3.05) is 19.8 Å². The van der Waals surface area contributed by atoms with Crippen molar-refractivity contribution in [3.8, 4) is 0 Å². The zero-order valence-electron chi connectivity index (χ0n) is 10.3. The van der Waals surface area contributed by atoms with E-state index in [-0.39, 0.29) is 18.5 Å². The van der Waals surface area contributed by atoms with E-state index in [1.54, 1.807) is 6.07 Å². The highest BCUT2D eigenvalue weighted by Gasteiger charge is 2.27. The lowest BCUT2D eigenvalue weighted by atomic mass is 10.1. The topological polar surface area (TPSA) is 21.3 Å². The van der Waals surface area contributed by atoms with E-state index in [9.17, 15) is 17.6 Å². The quantitative estimate of drug-likeness (QED) is 0.660. The third-order valence-corrected chi connectivity index (χ3v) is 3.09. The second-order valence-electron chi connectivity index (χ2n) is 4.56. The lowest BCUT2D eigenvalue weighted by molar-refractivity contribution is -0.173. The molecule has 1 aliphatic rings. The van der Waals surface area contributed by atoms with Gasteiger partial charge in [-0.3, -0.25) is 0 Å². The Hall–Kier alpha value is -1.14. The Kier molecular flexibility index (Phi) is 4.42. The summed E-state index contributed by atoms with van der Waals surface area (Å²) in [4.78, 5) is 0. The number of nitrogens with one attached hydrogen (secondary N) is 1. The van der Waals surface area contributed by atoms with Crippen molar-refractivity contribution < 1.29 is 22.3 Å². The van der Waals surface area contributed by atoms with E-state index in [2.05, 4.69) is 10.1 Å². The van der Waals surface area contributed by atoms with E-state index < -0.39 is 12.8 Å². The molecule has 2 nitrogen and oxygen atoms in total. The summed E-state index contributed by atoms with van der Waals surface area (Å²) in [7, 11) is 0. The van der Waals surface area contributed by atoms with Gasteiger partial charge in [-0.2, -0.15) is 13.2 Å². The van der Waals surface area contributed by atoms with Gasteiger partial charge in [0.05, 0.1) is 6.61 Å². The van der Waals surface area contributed by atoms with Crippen molar-refractivity contribution in [3.63, 3.8) is 0 Å². The summed E-state index contributed by atoms with van der Waals surface area (Å²) in [6.07, 6.45) is -2.66. The van der Waals surface area contributed by atoms with E-state index >= 15 is 0 Å². The number of benzene rings is 1. The van der Waals surface area contributed by atoms with Crippen LogP contribution in [0.15, 0.2) is 18.2 Å². The maximum atomic E-state index is 13.0. The molecule has 0 radical (unpaired) electrons. The van der Waals surface area contributed by atoms with Gasteiger partial charge < -0.3 is 10.1 Å². The third-order valence-electron chi connectivity index (χ3n) is 3.09. The second-order valence-corrected chi connectivity index (χ2v) is 4.56. The maximum Gasteiger partial charge on any atom is 0.411 e. The van der Waals surface area contributed by atoms with Crippen LogP contribution in [0, 0.1) is 5.82 Å². The van der Waals surface area contributed by atoms with Crippen LogP contribution < -0.4 is 5.32 Å². The Labute approximate surface area is 108 Å². The summed E-state index contributed by atoms with van der Waals surface area (Å²) in [6, 6.07) is 4.72. The molecule has 1 unspecified atom stereocenters. The number of aryl methyl sites for hydroxylation is 1. The third kappa shape index (κ3) is 4.18. The molecule has 0 bridgehead atoms. The summed E-state index contributed by atoms with van der Waals surface area (Å²) in [5, 5.41) is 3.13. The van der Waals surface area contributed by atoms with Gasteiger partial charge in [-0.1, -0.05) is 6.07 Å². The average molecular weight is 277 g/mol. The average Bonchev–Trinajstić information content (AvgIpc) is 2.69. The highest BCUT2D eigenvalue weighted by atomic mass is 19.4. The van der Waals surface area contributed by atoms with Crippen LogP contribution in [0.3, 0.4) is 0 Å². The van der Waals surface area contributed by atoms with Crippen LogP contribution >= 0.6 is 0 Å². The molecule has 1 aromatic rings. The molecule has 0 aromatic heterocycles. The summed E-state index contributed by atoms with van der Waals surface area (Å²) in [6.45, 7) is -0.870. The molecule has 0 saturated heterocycles. The van der Waals surface area contributed by atoms with Crippen LogP contribution in [-0.2, 0) is 11.2 Å². The number of halogens is 4. The highest BCUT2D eigenvalue weighted by molar-refractivity contribution is 5.34. The summed E-state index contributed by atoms with van der Waals surface area (Å²) < 4.78 is 53.0. The van der Waals surface area contributed by atoms with Gasteiger partial charge in [0, 0.05) is 12.6 Å². The zero-order chi connectivity index (χ0) is 13.9. The standard InChI is InChI=1S/C13H15F4NO/c14-10-2-3-11-9(7-10)1-4-12(11)18-5-6-19-8-13(15,16)17/h2-3,7,12,18H,1,4-6,8H2. The van der Waals surface area contributed by atoms with Crippen molar-refractivity contribution in [2.45, 2.75) is 25.1 Å². The summed E-state index contributed by atoms with van der Waals surface area (Å²) in [5.74, 6) is -0.257. The Bertz CT molecular complexity index is 433. The minimum Gasteiger partial charge on any atom is -0.371 e. The fourth-order valence-corrected chi connectivity index (χ4v) is 2.29. The van der Waals surface area contributed by atoms with Gasteiger partial charge >= 0.3 is 6.18 Å². The van der Waals surface area contributed by atoms with E-state index in [1.165, 1.54) is 12.1 Å². The molecular weight excluding hydrogens is 262 g/mol. The Balaban J connectivity index is 1.74. The minimum atomic E-state index is -4.28. The molecule has 0 saturated carbocycles. The monoisotopic (exact) mass is 277 g/mol. The first-order chi connectivity index (χ1) is 8.96. The zero-order valence-corrected chi connectivity index (χ0v) is 10.3. The normalized spacial score (nSPS) is 18.6. The van der Waals surface area contributed by atoms with Crippen LogP contribution in [0.25, 0.3) is 0 Å². The molecule has 19 heavy (non-hydrogen) atoms. The second kappa shape index (κ2) is 5.88. The smallest absolute Gasteiger partial charge is 0.371 e. The molecule has 0 amide bonds. The molecule has 1 aliphatic carbocycles. The van der Waals surface area contributed by atoms with Crippen molar-refractivity contribution in [1.82, 2.24) is 5.32 Å².